The standard InChI is InChI=1S/C13H13IN2O/c1-9(2)10-5-3-4-6-12(10)17-13-11(14)7-15-8-16-13/h3-9H,1-2H3. The fourth-order valence-electron chi connectivity index (χ4n) is 1.53. The number of hydrogen-bond donors (Lipinski definition) is 0. The molecule has 1 aromatic carbocycles. The molecule has 3 nitrogen and oxygen atoms in total. The van der Waals surface area contributed by atoms with Gasteiger partial charge in [0.2, 0.25) is 5.88 Å². The summed E-state index contributed by atoms with van der Waals surface area (Å²) in [5.41, 5.74) is 1.18. The molecule has 0 saturated carbocycles. The van der Waals surface area contributed by atoms with E-state index in [1.807, 2.05) is 18.2 Å². The number of hydrogen-bond acceptors (Lipinski definition) is 3. The quantitative estimate of drug-likeness (QED) is 0.793. The summed E-state index contributed by atoms with van der Waals surface area (Å²) in [4.78, 5) is 8.08. The molecule has 0 unspecified atom stereocenters. The van der Waals surface area contributed by atoms with Gasteiger partial charge in [-0.05, 0) is 40.1 Å². The summed E-state index contributed by atoms with van der Waals surface area (Å²) in [6, 6.07) is 8.03. The van der Waals surface area contributed by atoms with Crippen LogP contribution in [0.3, 0.4) is 0 Å². The van der Waals surface area contributed by atoms with Crippen LogP contribution in [0.1, 0.15) is 25.3 Å². The largest absolute Gasteiger partial charge is 0.438 e. The lowest BCUT2D eigenvalue weighted by molar-refractivity contribution is 0.449. The number of ether oxygens (including phenoxy) is 1. The minimum Gasteiger partial charge on any atom is -0.438 e. The first-order chi connectivity index (χ1) is 8.18. The number of nitrogens with zero attached hydrogens (tertiary/aromatic N) is 2. The van der Waals surface area contributed by atoms with Crippen molar-refractivity contribution in [2.45, 2.75) is 19.8 Å². The molecule has 0 aliphatic heterocycles. The zero-order valence-corrected chi connectivity index (χ0v) is 11.9. The van der Waals surface area contributed by atoms with Crippen molar-refractivity contribution in [1.82, 2.24) is 9.97 Å². The van der Waals surface area contributed by atoms with E-state index in [2.05, 4.69) is 52.5 Å². The van der Waals surface area contributed by atoms with Crippen molar-refractivity contribution in [3.05, 3.63) is 45.9 Å². The first-order valence-corrected chi connectivity index (χ1v) is 6.48. The predicted octanol–water partition coefficient (Wildman–Crippen LogP) is 4.00. The van der Waals surface area contributed by atoms with Gasteiger partial charge in [0.1, 0.15) is 12.1 Å². The number of para-hydroxylation sites is 1. The summed E-state index contributed by atoms with van der Waals surface area (Å²) in [7, 11) is 0. The molecule has 2 aromatic rings. The van der Waals surface area contributed by atoms with Gasteiger partial charge in [-0.25, -0.2) is 9.97 Å². The van der Waals surface area contributed by atoms with Crippen LogP contribution in [0.25, 0.3) is 0 Å². The highest BCUT2D eigenvalue weighted by atomic mass is 127. The normalized spacial score (nSPS) is 10.6. The van der Waals surface area contributed by atoms with Gasteiger partial charge in [-0.15, -0.1) is 0 Å². The first kappa shape index (κ1) is 12.3. The molecule has 1 aromatic heterocycles. The number of benzene rings is 1. The van der Waals surface area contributed by atoms with Gasteiger partial charge in [-0.3, -0.25) is 0 Å². The van der Waals surface area contributed by atoms with E-state index in [9.17, 15) is 0 Å². The summed E-state index contributed by atoms with van der Waals surface area (Å²) in [6.45, 7) is 4.29. The second-order valence-corrected chi connectivity index (χ2v) is 5.13. The maximum Gasteiger partial charge on any atom is 0.235 e. The molecule has 4 heteroatoms. The molecule has 17 heavy (non-hydrogen) atoms. The number of aromatic nitrogens is 2. The Morgan fingerprint density at radius 2 is 2.00 bits per heavy atom. The van der Waals surface area contributed by atoms with E-state index in [0.717, 1.165) is 9.32 Å². The third kappa shape index (κ3) is 2.94. The van der Waals surface area contributed by atoms with Crippen LogP contribution in [-0.4, -0.2) is 9.97 Å². The van der Waals surface area contributed by atoms with Crippen molar-refractivity contribution in [2.24, 2.45) is 0 Å². The Kier molecular flexibility index (Phi) is 3.93. The van der Waals surface area contributed by atoms with Crippen LogP contribution < -0.4 is 4.74 Å². The zero-order chi connectivity index (χ0) is 12.3. The molecule has 0 spiro atoms. The Hall–Kier alpha value is -1.17. The summed E-state index contributed by atoms with van der Waals surface area (Å²) in [5.74, 6) is 1.89. The molecule has 0 fully saturated rings. The van der Waals surface area contributed by atoms with E-state index >= 15 is 0 Å². The van der Waals surface area contributed by atoms with Crippen molar-refractivity contribution < 1.29 is 4.74 Å². The Morgan fingerprint density at radius 3 is 2.71 bits per heavy atom. The molecule has 0 aliphatic carbocycles. The van der Waals surface area contributed by atoms with E-state index in [4.69, 9.17) is 4.74 Å². The SMILES string of the molecule is CC(C)c1ccccc1Oc1ncncc1I. The highest BCUT2D eigenvalue weighted by molar-refractivity contribution is 14.1. The van der Waals surface area contributed by atoms with Crippen LogP contribution in [0.4, 0.5) is 0 Å². The van der Waals surface area contributed by atoms with Crippen LogP contribution in [0, 0.1) is 3.57 Å². The summed E-state index contributed by atoms with van der Waals surface area (Å²) in [5, 5.41) is 0. The first-order valence-electron chi connectivity index (χ1n) is 5.40. The molecule has 0 aliphatic rings. The third-order valence-corrected chi connectivity index (χ3v) is 3.12. The van der Waals surface area contributed by atoms with Crippen LogP contribution in [-0.2, 0) is 0 Å². The van der Waals surface area contributed by atoms with Gasteiger partial charge < -0.3 is 4.74 Å². The molecule has 0 N–H and O–H groups in total. The van der Waals surface area contributed by atoms with E-state index in [1.165, 1.54) is 11.9 Å². The average molecular weight is 340 g/mol. The zero-order valence-electron chi connectivity index (χ0n) is 9.72. The van der Waals surface area contributed by atoms with Gasteiger partial charge in [0.25, 0.3) is 0 Å². The monoisotopic (exact) mass is 340 g/mol. The topological polar surface area (TPSA) is 35.0 Å². The van der Waals surface area contributed by atoms with E-state index < -0.39 is 0 Å². The van der Waals surface area contributed by atoms with Crippen molar-refractivity contribution in [3.8, 4) is 11.6 Å². The predicted molar refractivity (Wildman–Crippen MR) is 75.4 cm³/mol. The fourth-order valence-corrected chi connectivity index (χ4v) is 1.94. The van der Waals surface area contributed by atoms with E-state index in [0.29, 0.717) is 11.8 Å². The fraction of sp³-hybridized carbons (Fsp3) is 0.231. The molecular weight excluding hydrogens is 327 g/mol. The molecule has 0 saturated heterocycles. The second kappa shape index (κ2) is 5.44. The third-order valence-electron chi connectivity index (χ3n) is 2.38. The molecule has 0 amide bonds. The Labute approximate surface area is 114 Å². The van der Waals surface area contributed by atoms with Gasteiger partial charge in [-0.2, -0.15) is 0 Å². The van der Waals surface area contributed by atoms with E-state index in [1.54, 1.807) is 6.20 Å². The van der Waals surface area contributed by atoms with Crippen molar-refractivity contribution in [3.63, 3.8) is 0 Å². The maximum atomic E-state index is 5.84. The van der Waals surface area contributed by atoms with Crippen LogP contribution in [0.2, 0.25) is 0 Å². The Morgan fingerprint density at radius 1 is 1.24 bits per heavy atom. The van der Waals surface area contributed by atoms with Gasteiger partial charge >= 0.3 is 0 Å². The molecule has 2 rings (SSSR count). The van der Waals surface area contributed by atoms with Crippen molar-refractivity contribution in [1.29, 1.82) is 0 Å². The summed E-state index contributed by atoms with van der Waals surface area (Å²) in [6.07, 6.45) is 3.23. The summed E-state index contributed by atoms with van der Waals surface area (Å²) >= 11 is 2.17. The van der Waals surface area contributed by atoms with Gasteiger partial charge in [0.05, 0.1) is 3.57 Å². The molecule has 0 radical (unpaired) electrons. The Bertz CT molecular complexity index is 514. The lowest BCUT2D eigenvalue weighted by atomic mass is 10.0. The van der Waals surface area contributed by atoms with Crippen LogP contribution >= 0.6 is 22.6 Å². The molecular formula is C13H13IN2O. The highest BCUT2D eigenvalue weighted by Crippen LogP contribution is 2.30. The number of halogens is 1. The van der Waals surface area contributed by atoms with E-state index in [-0.39, 0.29) is 0 Å². The molecule has 1 heterocycles. The van der Waals surface area contributed by atoms with Crippen molar-refractivity contribution >= 4 is 22.6 Å². The lowest BCUT2D eigenvalue weighted by Gasteiger charge is -2.13. The minimum atomic E-state index is 0.422. The second-order valence-electron chi connectivity index (χ2n) is 3.97. The number of rotatable bonds is 3. The van der Waals surface area contributed by atoms with Crippen molar-refractivity contribution in [2.75, 3.05) is 0 Å². The average Bonchev–Trinajstić information content (AvgIpc) is 2.32. The highest BCUT2D eigenvalue weighted by Gasteiger charge is 2.10. The lowest BCUT2D eigenvalue weighted by Crippen LogP contribution is -1.96. The maximum absolute atomic E-state index is 5.84. The van der Waals surface area contributed by atoms with Gasteiger partial charge in [0, 0.05) is 6.20 Å². The molecule has 0 bridgehead atoms. The molecule has 88 valence electrons. The minimum absolute atomic E-state index is 0.422. The smallest absolute Gasteiger partial charge is 0.235 e. The van der Waals surface area contributed by atoms with Crippen LogP contribution in [0.15, 0.2) is 36.8 Å². The van der Waals surface area contributed by atoms with Gasteiger partial charge in [0.15, 0.2) is 0 Å². The summed E-state index contributed by atoms with van der Waals surface area (Å²) < 4.78 is 6.75. The van der Waals surface area contributed by atoms with Crippen LogP contribution in [0.5, 0.6) is 11.6 Å². The molecule has 0 atom stereocenters. The Balaban J connectivity index is 2.34. The van der Waals surface area contributed by atoms with Gasteiger partial charge in [-0.1, -0.05) is 32.0 Å².